The van der Waals surface area contributed by atoms with Crippen LogP contribution in [-0.4, -0.2) is 22.9 Å². The van der Waals surface area contributed by atoms with Crippen molar-refractivity contribution < 1.29 is 4.79 Å². The van der Waals surface area contributed by atoms with Crippen molar-refractivity contribution in [1.82, 2.24) is 5.32 Å². The number of nitrogens with one attached hydrogen (secondary N) is 2. The van der Waals surface area contributed by atoms with Crippen LogP contribution in [0.3, 0.4) is 0 Å². The van der Waals surface area contributed by atoms with Gasteiger partial charge in [0.2, 0.25) is 5.91 Å². The largest absolute Gasteiger partial charge is 0.352 e. The van der Waals surface area contributed by atoms with Gasteiger partial charge in [-0.1, -0.05) is 62.7 Å². The lowest BCUT2D eigenvalue weighted by molar-refractivity contribution is -0.119. The number of carbonyl (C=O) groups is 1. The first kappa shape index (κ1) is 17.4. The van der Waals surface area contributed by atoms with Crippen molar-refractivity contribution in [2.45, 2.75) is 39.2 Å². The molecule has 0 bridgehead atoms. The van der Waals surface area contributed by atoms with E-state index in [4.69, 9.17) is 4.99 Å². The third kappa shape index (κ3) is 3.45. The predicted molar refractivity (Wildman–Crippen MR) is 111 cm³/mol. The van der Waals surface area contributed by atoms with Gasteiger partial charge < -0.3 is 10.6 Å². The van der Waals surface area contributed by atoms with Gasteiger partial charge >= 0.3 is 0 Å². The molecule has 1 heterocycles. The summed E-state index contributed by atoms with van der Waals surface area (Å²) in [6, 6.07) is 12.7. The average Bonchev–Trinajstić information content (AvgIpc) is 2.64. The van der Waals surface area contributed by atoms with Gasteiger partial charge in [0.1, 0.15) is 0 Å². The molecule has 4 nitrogen and oxygen atoms in total. The molecule has 1 fully saturated rings. The molecule has 4 rings (SSSR count). The van der Waals surface area contributed by atoms with E-state index in [2.05, 4.69) is 42.7 Å². The molecule has 136 valence electrons. The van der Waals surface area contributed by atoms with Crippen LogP contribution in [0.25, 0.3) is 10.8 Å². The van der Waals surface area contributed by atoms with E-state index in [0.29, 0.717) is 23.6 Å². The molecule has 2 N–H and O–H groups in total. The summed E-state index contributed by atoms with van der Waals surface area (Å²) in [6.07, 6.45) is 3.57. The molecule has 1 aliphatic carbocycles. The Hall–Kier alpha value is -2.01. The molecule has 2 aliphatic rings. The standard InChI is InChI=1S/C21H25N3OS/c1-13-6-3-9-16(14(13)2)22-19(25)12-26-21-23-17-10-4-7-15-8-5-11-18(24-21)20(15)17/h4-5,7-8,10-11,13-14,16H,3,6,9,12H2,1-2H3,(H,22,25)(H,23,24)/t13-,14-,16+/m1/s1. The fourth-order valence-electron chi connectivity index (χ4n) is 4.01. The highest BCUT2D eigenvalue weighted by Gasteiger charge is 2.28. The van der Waals surface area contributed by atoms with E-state index < -0.39 is 0 Å². The quantitative estimate of drug-likeness (QED) is 0.809. The van der Waals surface area contributed by atoms with E-state index in [1.165, 1.54) is 30.0 Å². The van der Waals surface area contributed by atoms with Crippen LogP contribution in [-0.2, 0) is 4.79 Å². The summed E-state index contributed by atoms with van der Waals surface area (Å²) in [5.41, 5.74) is 2.03. The van der Waals surface area contributed by atoms with Gasteiger partial charge in [0.25, 0.3) is 0 Å². The number of aliphatic imine (C=N–C) groups is 1. The zero-order valence-electron chi connectivity index (χ0n) is 15.3. The van der Waals surface area contributed by atoms with Crippen LogP contribution >= 0.6 is 11.8 Å². The van der Waals surface area contributed by atoms with E-state index in [0.717, 1.165) is 28.3 Å². The fraction of sp³-hybridized carbons (Fsp3) is 0.429. The number of rotatable bonds is 3. The van der Waals surface area contributed by atoms with E-state index in [1.807, 2.05) is 18.2 Å². The minimum Gasteiger partial charge on any atom is -0.352 e. The van der Waals surface area contributed by atoms with Crippen LogP contribution in [0.1, 0.15) is 33.1 Å². The van der Waals surface area contributed by atoms with Gasteiger partial charge in [-0.3, -0.25) is 4.79 Å². The highest BCUT2D eigenvalue weighted by Crippen LogP contribution is 2.37. The Morgan fingerprint density at radius 2 is 2.04 bits per heavy atom. The first-order chi connectivity index (χ1) is 12.6. The number of anilines is 1. The summed E-state index contributed by atoms with van der Waals surface area (Å²) in [5.74, 6) is 1.72. The number of carbonyl (C=O) groups excluding carboxylic acids is 1. The lowest BCUT2D eigenvalue weighted by Gasteiger charge is -2.34. The molecular weight excluding hydrogens is 342 g/mol. The number of hydrogen-bond donors (Lipinski definition) is 2. The number of nitrogens with zero attached hydrogens (tertiary/aromatic N) is 1. The zero-order chi connectivity index (χ0) is 18.1. The Kier molecular flexibility index (Phi) is 4.90. The smallest absolute Gasteiger partial charge is 0.230 e. The summed E-state index contributed by atoms with van der Waals surface area (Å²) in [4.78, 5) is 17.1. The van der Waals surface area contributed by atoms with Crippen LogP contribution in [0.2, 0.25) is 0 Å². The van der Waals surface area contributed by atoms with Gasteiger partial charge in [-0.25, -0.2) is 4.99 Å². The summed E-state index contributed by atoms with van der Waals surface area (Å²) < 4.78 is 0. The molecule has 3 atom stereocenters. The summed E-state index contributed by atoms with van der Waals surface area (Å²) in [7, 11) is 0. The lowest BCUT2D eigenvalue weighted by Crippen LogP contribution is -2.44. The molecule has 1 saturated carbocycles. The second-order valence-corrected chi connectivity index (χ2v) is 8.42. The van der Waals surface area contributed by atoms with E-state index in [1.54, 1.807) is 0 Å². The van der Waals surface area contributed by atoms with Gasteiger partial charge in [-0.2, -0.15) is 0 Å². The van der Waals surface area contributed by atoms with Crippen molar-refractivity contribution in [3.63, 3.8) is 0 Å². The molecule has 1 amide bonds. The Balaban J connectivity index is 1.40. The van der Waals surface area contributed by atoms with Crippen LogP contribution in [0.15, 0.2) is 41.4 Å². The molecule has 0 spiro atoms. The average molecular weight is 368 g/mol. The van der Waals surface area contributed by atoms with Crippen LogP contribution < -0.4 is 10.6 Å². The predicted octanol–water partition coefficient (Wildman–Crippen LogP) is 4.93. The number of amides is 1. The van der Waals surface area contributed by atoms with E-state index >= 15 is 0 Å². The van der Waals surface area contributed by atoms with Gasteiger partial charge in [0.05, 0.1) is 17.1 Å². The van der Waals surface area contributed by atoms with Gasteiger partial charge in [-0.15, -0.1) is 0 Å². The van der Waals surface area contributed by atoms with Gasteiger partial charge in [-0.05, 0) is 35.8 Å². The Labute approximate surface area is 158 Å². The number of amidine groups is 1. The maximum Gasteiger partial charge on any atom is 0.230 e. The maximum atomic E-state index is 12.4. The maximum absolute atomic E-state index is 12.4. The monoisotopic (exact) mass is 367 g/mol. The van der Waals surface area contributed by atoms with Crippen LogP contribution in [0.4, 0.5) is 11.4 Å². The highest BCUT2D eigenvalue weighted by atomic mass is 32.2. The minimum atomic E-state index is 0.0996. The molecule has 2 aromatic rings. The SMILES string of the molecule is C[C@@H]1[C@H](C)CCC[C@@H]1NC(=O)CSC1=Nc2cccc3cccc(c23)N1. The van der Waals surface area contributed by atoms with Crippen molar-refractivity contribution in [3.05, 3.63) is 36.4 Å². The Morgan fingerprint density at radius 1 is 1.23 bits per heavy atom. The third-order valence-electron chi connectivity index (χ3n) is 5.74. The topological polar surface area (TPSA) is 53.5 Å². The van der Waals surface area contributed by atoms with Gasteiger partial charge in [0, 0.05) is 11.4 Å². The molecule has 0 radical (unpaired) electrons. The lowest BCUT2D eigenvalue weighted by atomic mass is 9.78. The Bertz CT molecular complexity index is 858. The Morgan fingerprint density at radius 3 is 2.88 bits per heavy atom. The van der Waals surface area contributed by atoms with Crippen LogP contribution in [0, 0.1) is 11.8 Å². The number of thioether (sulfide) groups is 1. The second kappa shape index (κ2) is 7.31. The molecule has 1 aliphatic heterocycles. The van der Waals surface area contributed by atoms with Crippen molar-refractivity contribution in [1.29, 1.82) is 0 Å². The zero-order valence-corrected chi connectivity index (χ0v) is 16.1. The van der Waals surface area contributed by atoms with Crippen molar-refractivity contribution in [2.24, 2.45) is 16.8 Å². The van der Waals surface area contributed by atoms with Crippen molar-refractivity contribution >= 4 is 45.0 Å². The first-order valence-electron chi connectivity index (χ1n) is 9.41. The molecule has 5 heteroatoms. The molecule has 26 heavy (non-hydrogen) atoms. The normalized spacial score (nSPS) is 24.7. The summed E-state index contributed by atoms with van der Waals surface area (Å²) in [6.45, 7) is 4.54. The van der Waals surface area contributed by atoms with Crippen molar-refractivity contribution in [3.8, 4) is 0 Å². The molecule has 0 aromatic heterocycles. The minimum absolute atomic E-state index is 0.0996. The van der Waals surface area contributed by atoms with E-state index in [-0.39, 0.29) is 5.91 Å². The summed E-state index contributed by atoms with van der Waals surface area (Å²) in [5, 5.41) is 9.72. The molecule has 0 unspecified atom stereocenters. The number of hydrogen-bond acceptors (Lipinski definition) is 4. The third-order valence-corrected chi connectivity index (χ3v) is 6.61. The second-order valence-electron chi connectivity index (χ2n) is 7.45. The van der Waals surface area contributed by atoms with Crippen LogP contribution in [0.5, 0.6) is 0 Å². The molecule has 0 saturated heterocycles. The molecule has 2 aromatic carbocycles. The number of benzene rings is 2. The van der Waals surface area contributed by atoms with Crippen molar-refractivity contribution in [2.75, 3.05) is 11.1 Å². The molecular formula is C21H25N3OS. The van der Waals surface area contributed by atoms with E-state index in [9.17, 15) is 4.79 Å². The first-order valence-corrected chi connectivity index (χ1v) is 10.4. The summed E-state index contributed by atoms with van der Waals surface area (Å²) >= 11 is 1.47. The highest BCUT2D eigenvalue weighted by molar-refractivity contribution is 8.14. The fourth-order valence-corrected chi connectivity index (χ4v) is 4.70. The van der Waals surface area contributed by atoms with Gasteiger partial charge in [0.15, 0.2) is 5.17 Å².